The van der Waals surface area contributed by atoms with E-state index in [9.17, 15) is 4.79 Å². The zero-order valence-electron chi connectivity index (χ0n) is 13.3. The first kappa shape index (κ1) is 17.2. The predicted octanol–water partition coefficient (Wildman–Crippen LogP) is 4.96. The fourth-order valence-electron chi connectivity index (χ4n) is 2.28. The summed E-state index contributed by atoms with van der Waals surface area (Å²) in [7, 11) is 0. The lowest BCUT2D eigenvalue weighted by Crippen LogP contribution is -2.03. The van der Waals surface area contributed by atoms with E-state index in [0.717, 1.165) is 32.8 Å². The van der Waals surface area contributed by atoms with Gasteiger partial charge in [0.2, 0.25) is 0 Å². The fourth-order valence-corrected chi connectivity index (χ4v) is 4.19. The molecule has 0 aliphatic carbocycles. The Morgan fingerprint density at radius 2 is 1.96 bits per heavy atom. The number of thiophene rings is 1. The molecule has 0 fully saturated rings. The van der Waals surface area contributed by atoms with Crippen LogP contribution < -0.4 is 0 Å². The maximum atomic E-state index is 12.3. The van der Waals surface area contributed by atoms with Crippen LogP contribution >= 0.6 is 34.7 Å². The van der Waals surface area contributed by atoms with Gasteiger partial charge in [0, 0.05) is 22.0 Å². The molecule has 124 valence electrons. The van der Waals surface area contributed by atoms with Crippen molar-refractivity contribution in [3.8, 4) is 11.4 Å². The summed E-state index contributed by atoms with van der Waals surface area (Å²) in [6.07, 6.45) is 0. The van der Waals surface area contributed by atoms with Crippen LogP contribution in [-0.2, 0) is 6.54 Å². The van der Waals surface area contributed by atoms with E-state index in [2.05, 4.69) is 10.2 Å². The first-order chi connectivity index (χ1) is 11.6. The minimum atomic E-state index is 0.122. The molecule has 3 rings (SSSR count). The molecule has 0 N–H and O–H groups in total. The van der Waals surface area contributed by atoms with Crippen molar-refractivity contribution in [3.05, 3.63) is 51.2 Å². The molecule has 0 spiro atoms. The van der Waals surface area contributed by atoms with Crippen molar-refractivity contribution in [2.45, 2.75) is 25.5 Å². The molecule has 0 radical (unpaired) electrons. The molecule has 2 heterocycles. The topological polar surface area (TPSA) is 47.8 Å². The van der Waals surface area contributed by atoms with Gasteiger partial charge in [-0.2, -0.15) is 0 Å². The summed E-state index contributed by atoms with van der Waals surface area (Å²) in [5.41, 5.74) is 0.959. The second kappa shape index (κ2) is 7.51. The van der Waals surface area contributed by atoms with Gasteiger partial charge in [0.05, 0.1) is 10.6 Å². The van der Waals surface area contributed by atoms with Crippen molar-refractivity contribution in [1.82, 2.24) is 14.8 Å². The number of thioether (sulfide) groups is 1. The largest absolute Gasteiger partial charge is 0.302 e. The summed E-state index contributed by atoms with van der Waals surface area (Å²) < 4.78 is 2.01. The molecule has 3 aromatic rings. The number of hydrogen-bond acceptors (Lipinski definition) is 5. The lowest BCUT2D eigenvalue weighted by atomic mass is 10.2. The number of benzene rings is 1. The Kier molecular flexibility index (Phi) is 5.38. The first-order valence-electron chi connectivity index (χ1n) is 7.50. The third-order valence-corrected chi connectivity index (χ3v) is 5.74. The van der Waals surface area contributed by atoms with Crippen molar-refractivity contribution >= 4 is 40.5 Å². The third kappa shape index (κ3) is 3.71. The summed E-state index contributed by atoms with van der Waals surface area (Å²) in [5.74, 6) is 1.27. The highest BCUT2D eigenvalue weighted by Crippen LogP contribution is 2.26. The minimum Gasteiger partial charge on any atom is -0.302 e. The van der Waals surface area contributed by atoms with Crippen LogP contribution in [0.5, 0.6) is 0 Å². The Morgan fingerprint density at radius 3 is 2.58 bits per heavy atom. The minimum absolute atomic E-state index is 0.122. The average Bonchev–Trinajstić information content (AvgIpc) is 3.19. The van der Waals surface area contributed by atoms with Gasteiger partial charge in [-0.15, -0.1) is 21.5 Å². The zero-order valence-corrected chi connectivity index (χ0v) is 15.7. The molecule has 0 unspecified atom stereocenters. The highest BCUT2D eigenvalue weighted by molar-refractivity contribution is 7.99. The molecule has 1 aromatic carbocycles. The molecule has 0 aliphatic heterocycles. The number of carbonyl (C=O) groups excluding carboxylic acids is 1. The Morgan fingerprint density at radius 1 is 1.21 bits per heavy atom. The van der Waals surface area contributed by atoms with E-state index in [-0.39, 0.29) is 5.78 Å². The van der Waals surface area contributed by atoms with Gasteiger partial charge in [0.1, 0.15) is 0 Å². The van der Waals surface area contributed by atoms with Gasteiger partial charge < -0.3 is 4.57 Å². The number of rotatable bonds is 6. The van der Waals surface area contributed by atoms with Crippen LogP contribution in [0.15, 0.2) is 41.6 Å². The molecule has 7 heteroatoms. The molecule has 0 amide bonds. The standard InChI is InChI=1S/C17H16ClN3OS2/c1-3-21-16(12-5-7-13(18)8-6-12)19-20-17(21)23-10-14(22)15-9-4-11(2)24-15/h4-9H,3,10H2,1-2H3. The number of hydrogen-bond donors (Lipinski definition) is 0. The second-order valence-electron chi connectivity index (χ2n) is 5.18. The molecule has 4 nitrogen and oxygen atoms in total. The van der Waals surface area contributed by atoms with E-state index < -0.39 is 0 Å². The Labute approximate surface area is 153 Å². The summed E-state index contributed by atoms with van der Waals surface area (Å²) >= 11 is 8.89. The highest BCUT2D eigenvalue weighted by Gasteiger charge is 2.16. The van der Waals surface area contributed by atoms with E-state index in [1.165, 1.54) is 23.1 Å². The van der Waals surface area contributed by atoms with Gasteiger partial charge in [-0.1, -0.05) is 23.4 Å². The Hall–Kier alpha value is -1.63. The van der Waals surface area contributed by atoms with E-state index in [1.54, 1.807) is 0 Å². The molecule has 0 aliphatic rings. The maximum absolute atomic E-state index is 12.3. The number of carbonyl (C=O) groups is 1. The smallest absolute Gasteiger partial charge is 0.191 e. The Balaban J connectivity index is 1.77. The van der Waals surface area contributed by atoms with Crippen molar-refractivity contribution in [3.63, 3.8) is 0 Å². The normalized spacial score (nSPS) is 11.0. The third-order valence-electron chi connectivity index (χ3n) is 3.48. The number of Topliss-reactive ketones (excluding diaryl/α,β-unsaturated/α-hetero) is 1. The number of nitrogens with zero attached hydrogens (tertiary/aromatic N) is 3. The van der Waals surface area contributed by atoms with Crippen LogP contribution in [0.4, 0.5) is 0 Å². The lowest BCUT2D eigenvalue weighted by Gasteiger charge is -2.07. The number of aryl methyl sites for hydroxylation is 1. The second-order valence-corrected chi connectivity index (χ2v) is 7.85. The molecule has 0 saturated carbocycles. The van der Waals surface area contributed by atoms with Crippen LogP contribution in [0.1, 0.15) is 21.5 Å². The van der Waals surface area contributed by atoms with Gasteiger partial charge in [0.15, 0.2) is 16.8 Å². The van der Waals surface area contributed by atoms with Crippen molar-refractivity contribution < 1.29 is 4.79 Å². The van der Waals surface area contributed by atoms with E-state index in [0.29, 0.717) is 10.8 Å². The van der Waals surface area contributed by atoms with Gasteiger partial charge >= 0.3 is 0 Å². The average molecular weight is 378 g/mol. The number of halogens is 1. The maximum Gasteiger partial charge on any atom is 0.191 e. The molecule has 0 bridgehead atoms. The quantitative estimate of drug-likeness (QED) is 0.449. The van der Waals surface area contributed by atoms with E-state index in [4.69, 9.17) is 11.6 Å². The SMILES string of the molecule is CCn1c(SCC(=O)c2ccc(C)s2)nnc1-c1ccc(Cl)cc1. The van der Waals surface area contributed by atoms with Crippen LogP contribution in [0.25, 0.3) is 11.4 Å². The summed E-state index contributed by atoms with van der Waals surface area (Å²) in [6, 6.07) is 11.4. The van der Waals surface area contributed by atoms with Crippen LogP contribution in [-0.4, -0.2) is 26.3 Å². The summed E-state index contributed by atoms with van der Waals surface area (Å²) in [5, 5.41) is 9.97. The van der Waals surface area contributed by atoms with Crippen LogP contribution in [0, 0.1) is 6.92 Å². The number of ketones is 1. The Bertz CT molecular complexity index is 855. The summed E-state index contributed by atoms with van der Waals surface area (Å²) in [4.78, 5) is 14.2. The van der Waals surface area contributed by atoms with Crippen molar-refractivity contribution in [1.29, 1.82) is 0 Å². The van der Waals surface area contributed by atoms with Gasteiger partial charge in [-0.3, -0.25) is 4.79 Å². The van der Waals surface area contributed by atoms with E-state index >= 15 is 0 Å². The van der Waals surface area contributed by atoms with Gasteiger partial charge in [-0.25, -0.2) is 0 Å². The molecule has 0 saturated heterocycles. The number of aromatic nitrogens is 3. The van der Waals surface area contributed by atoms with Crippen molar-refractivity contribution in [2.24, 2.45) is 0 Å². The van der Waals surface area contributed by atoms with Crippen LogP contribution in [0.2, 0.25) is 5.02 Å². The fraction of sp³-hybridized carbons (Fsp3) is 0.235. The first-order valence-corrected chi connectivity index (χ1v) is 9.68. The zero-order chi connectivity index (χ0) is 17.1. The van der Waals surface area contributed by atoms with Gasteiger partial charge in [-0.05, 0) is 50.2 Å². The van der Waals surface area contributed by atoms with Gasteiger partial charge in [0.25, 0.3) is 0 Å². The summed E-state index contributed by atoms with van der Waals surface area (Å²) in [6.45, 7) is 4.78. The highest BCUT2D eigenvalue weighted by atomic mass is 35.5. The van der Waals surface area contributed by atoms with Crippen LogP contribution in [0.3, 0.4) is 0 Å². The molecule has 0 atom stereocenters. The van der Waals surface area contributed by atoms with Crippen molar-refractivity contribution in [2.75, 3.05) is 5.75 Å². The molecular weight excluding hydrogens is 362 g/mol. The lowest BCUT2D eigenvalue weighted by molar-refractivity contribution is 0.102. The predicted molar refractivity (Wildman–Crippen MR) is 100 cm³/mol. The molecule has 24 heavy (non-hydrogen) atoms. The monoisotopic (exact) mass is 377 g/mol. The molecule has 2 aromatic heterocycles. The van der Waals surface area contributed by atoms with E-state index in [1.807, 2.05) is 54.8 Å². The molecular formula is C17H16ClN3OS2.